The number of pyridine rings is 1. The van der Waals surface area contributed by atoms with E-state index in [4.69, 9.17) is 0 Å². The summed E-state index contributed by atoms with van der Waals surface area (Å²) in [5, 5.41) is 13.7. The highest BCUT2D eigenvalue weighted by atomic mass is 19.1. The summed E-state index contributed by atoms with van der Waals surface area (Å²) in [6.07, 6.45) is 0. The number of piperazine rings is 1. The molecule has 5 aromatic rings. The molecule has 6 rings (SSSR count). The first kappa shape index (κ1) is 26.0. The maximum absolute atomic E-state index is 13.6. The maximum Gasteiger partial charge on any atom is 0.253 e. The van der Waals surface area contributed by atoms with Crippen LogP contribution in [0.1, 0.15) is 39.7 Å². The Labute approximate surface area is 232 Å². The molecule has 0 radical (unpaired) electrons. The Morgan fingerprint density at radius 2 is 1.57 bits per heavy atom. The van der Waals surface area contributed by atoms with Gasteiger partial charge in [0.2, 0.25) is 0 Å². The molecule has 1 atom stereocenters. The predicted molar refractivity (Wildman–Crippen MR) is 152 cm³/mol. The first-order valence-corrected chi connectivity index (χ1v) is 13.6. The van der Waals surface area contributed by atoms with Gasteiger partial charge in [0, 0.05) is 43.8 Å². The van der Waals surface area contributed by atoms with Gasteiger partial charge in [-0.25, -0.2) is 9.07 Å². The molecule has 8 nitrogen and oxygen atoms in total. The van der Waals surface area contributed by atoms with Crippen molar-refractivity contribution in [3.8, 4) is 0 Å². The number of aromatic nitrogens is 5. The Hall–Kier alpha value is -4.21. The van der Waals surface area contributed by atoms with Gasteiger partial charge in [-0.15, -0.1) is 5.10 Å². The van der Waals surface area contributed by atoms with Gasteiger partial charge in [-0.2, -0.15) is 0 Å². The number of aryl methyl sites for hydroxylation is 2. The van der Waals surface area contributed by atoms with Gasteiger partial charge in [0.25, 0.3) is 5.56 Å². The largest absolute Gasteiger partial charge is 0.322 e. The summed E-state index contributed by atoms with van der Waals surface area (Å²) in [6, 6.07) is 22.5. The number of benzene rings is 3. The van der Waals surface area contributed by atoms with Gasteiger partial charge >= 0.3 is 0 Å². The number of fused-ring (bicyclic) bond motifs is 1. The van der Waals surface area contributed by atoms with Gasteiger partial charge in [0.05, 0.1) is 6.54 Å². The quantitative estimate of drug-likeness (QED) is 0.335. The fourth-order valence-corrected chi connectivity index (χ4v) is 5.50. The molecule has 1 N–H and O–H groups in total. The Morgan fingerprint density at radius 1 is 0.875 bits per heavy atom. The van der Waals surface area contributed by atoms with E-state index in [2.05, 4.69) is 67.6 Å². The minimum atomic E-state index is -0.441. The number of aromatic amines is 1. The number of tetrazole rings is 1. The minimum absolute atomic E-state index is 0.149. The molecule has 9 heteroatoms. The van der Waals surface area contributed by atoms with Crippen LogP contribution in [0.3, 0.4) is 0 Å². The highest BCUT2D eigenvalue weighted by molar-refractivity contribution is 5.81. The van der Waals surface area contributed by atoms with Crippen LogP contribution in [0.5, 0.6) is 0 Å². The van der Waals surface area contributed by atoms with Gasteiger partial charge in [0.1, 0.15) is 11.9 Å². The van der Waals surface area contributed by atoms with Crippen LogP contribution in [0.15, 0.2) is 77.6 Å². The highest BCUT2D eigenvalue weighted by Gasteiger charge is 2.32. The molecule has 204 valence electrons. The predicted octanol–water partition coefficient (Wildman–Crippen LogP) is 4.23. The molecule has 40 heavy (non-hydrogen) atoms. The molecule has 0 unspecified atom stereocenters. The monoisotopic (exact) mass is 537 g/mol. The van der Waals surface area contributed by atoms with Crippen LogP contribution in [0, 0.1) is 19.7 Å². The molecule has 3 heterocycles. The summed E-state index contributed by atoms with van der Waals surface area (Å²) >= 11 is 0. The SMILES string of the molecule is Cc1cc2cc([C@@H](c3nnnn3Cc3ccc(F)cc3)N3CCN(Cc4ccccc4)CC3)c(=O)[nH]c2cc1C. The van der Waals surface area contributed by atoms with Gasteiger partial charge in [-0.1, -0.05) is 42.5 Å². The lowest BCUT2D eigenvalue weighted by Crippen LogP contribution is -2.48. The van der Waals surface area contributed by atoms with Crippen molar-refractivity contribution in [2.75, 3.05) is 26.2 Å². The van der Waals surface area contributed by atoms with Crippen molar-refractivity contribution in [1.29, 1.82) is 0 Å². The summed E-state index contributed by atoms with van der Waals surface area (Å²) in [7, 11) is 0. The molecule has 3 aromatic carbocycles. The van der Waals surface area contributed by atoms with E-state index in [1.807, 2.05) is 25.1 Å². The van der Waals surface area contributed by atoms with Crippen molar-refractivity contribution in [2.24, 2.45) is 0 Å². The second-order valence-corrected chi connectivity index (χ2v) is 10.6. The normalized spacial score (nSPS) is 15.5. The van der Waals surface area contributed by atoms with Gasteiger partial charge < -0.3 is 4.98 Å². The number of hydrogen-bond acceptors (Lipinski definition) is 6. The van der Waals surface area contributed by atoms with E-state index in [0.29, 0.717) is 17.9 Å². The van der Waals surface area contributed by atoms with Crippen LogP contribution < -0.4 is 5.56 Å². The number of H-pyrrole nitrogens is 1. The standard InChI is InChI=1S/C31H32FN7O/c1-21-16-25-18-27(31(40)33-28(25)17-22(21)2)29(30-34-35-36-39(30)20-24-8-10-26(32)11-9-24)38-14-12-37(13-15-38)19-23-6-4-3-5-7-23/h3-11,16-18,29H,12-15,19-20H2,1-2H3,(H,33,40)/t29-/m0/s1. The molecule has 0 amide bonds. The van der Waals surface area contributed by atoms with Crippen LogP contribution in [-0.4, -0.2) is 61.2 Å². The summed E-state index contributed by atoms with van der Waals surface area (Å²) in [6.45, 7) is 8.60. The molecule has 0 spiro atoms. The highest BCUT2D eigenvalue weighted by Crippen LogP contribution is 2.29. The Morgan fingerprint density at radius 3 is 2.33 bits per heavy atom. The Balaban J connectivity index is 1.36. The van der Waals surface area contributed by atoms with Crippen molar-refractivity contribution in [1.82, 2.24) is 35.0 Å². The minimum Gasteiger partial charge on any atom is -0.322 e. The first-order chi connectivity index (χ1) is 19.4. The van der Waals surface area contributed by atoms with E-state index in [9.17, 15) is 9.18 Å². The van der Waals surface area contributed by atoms with Crippen LogP contribution in [0.4, 0.5) is 4.39 Å². The van der Waals surface area contributed by atoms with E-state index in [1.165, 1.54) is 17.7 Å². The van der Waals surface area contributed by atoms with E-state index >= 15 is 0 Å². The number of nitrogens with one attached hydrogen (secondary N) is 1. The maximum atomic E-state index is 13.6. The van der Waals surface area contributed by atoms with E-state index in [0.717, 1.165) is 60.3 Å². The molecule has 0 saturated carbocycles. The third kappa shape index (κ3) is 5.43. The van der Waals surface area contributed by atoms with Crippen molar-refractivity contribution < 1.29 is 4.39 Å². The van der Waals surface area contributed by atoms with E-state index in [1.54, 1.807) is 16.8 Å². The Bertz CT molecular complexity index is 1670. The number of hydrogen-bond donors (Lipinski definition) is 1. The number of halogens is 1. The second-order valence-electron chi connectivity index (χ2n) is 10.6. The third-order valence-corrected chi connectivity index (χ3v) is 7.85. The average Bonchev–Trinajstić information content (AvgIpc) is 3.40. The lowest BCUT2D eigenvalue weighted by Gasteiger charge is -2.38. The molecule has 0 bridgehead atoms. The van der Waals surface area contributed by atoms with Gasteiger partial charge in [0.15, 0.2) is 5.82 Å². The molecular formula is C31H32FN7O. The lowest BCUT2D eigenvalue weighted by molar-refractivity contribution is 0.0998. The second kappa shape index (κ2) is 11.1. The summed E-state index contributed by atoms with van der Waals surface area (Å²) in [4.78, 5) is 21.5. The molecule has 2 aromatic heterocycles. The van der Waals surface area contributed by atoms with Crippen LogP contribution >= 0.6 is 0 Å². The molecule has 1 aliphatic rings. The average molecular weight is 538 g/mol. The molecule has 1 fully saturated rings. The Kier molecular flexibility index (Phi) is 7.23. The van der Waals surface area contributed by atoms with Crippen molar-refractivity contribution in [3.63, 3.8) is 0 Å². The smallest absolute Gasteiger partial charge is 0.253 e. The fourth-order valence-electron chi connectivity index (χ4n) is 5.50. The first-order valence-electron chi connectivity index (χ1n) is 13.6. The van der Waals surface area contributed by atoms with Gasteiger partial charge in [-0.05, 0) is 82.2 Å². The van der Waals surface area contributed by atoms with Crippen LogP contribution in [0.2, 0.25) is 0 Å². The summed E-state index contributed by atoms with van der Waals surface area (Å²) in [5.74, 6) is 0.301. The van der Waals surface area contributed by atoms with Crippen LogP contribution in [-0.2, 0) is 13.1 Å². The van der Waals surface area contributed by atoms with E-state index in [-0.39, 0.29) is 11.4 Å². The molecular weight excluding hydrogens is 505 g/mol. The molecule has 0 aliphatic carbocycles. The van der Waals surface area contributed by atoms with Gasteiger partial charge in [-0.3, -0.25) is 14.6 Å². The zero-order valence-electron chi connectivity index (χ0n) is 22.7. The molecule has 1 aliphatic heterocycles. The topological polar surface area (TPSA) is 82.9 Å². The summed E-state index contributed by atoms with van der Waals surface area (Å²) < 4.78 is 15.3. The van der Waals surface area contributed by atoms with Crippen LogP contribution in [0.25, 0.3) is 10.9 Å². The fraction of sp³-hybridized carbons (Fsp3) is 0.290. The molecule has 1 saturated heterocycles. The van der Waals surface area contributed by atoms with Crippen molar-refractivity contribution >= 4 is 10.9 Å². The number of rotatable bonds is 7. The third-order valence-electron chi connectivity index (χ3n) is 7.85. The number of nitrogens with zero attached hydrogens (tertiary/aromatic N) is 6. The zero-order valence-corrected chi connectivity index (χ0v) is 22.7. The van der Waals surface area contributed by atoms with Crippen molar-refractivity contribution in [2.45, 2.75) is 33.0 Å². The summed E-state index contributed by atoms with van der Waals surface area (Å²) in [5.41, 5.74) is 5.73. The van der Waals surface area contributed by atoms with Crippen molar-refractivity contribution in [3.05, 3.63) is 123 Å². The lowest BCUT2D eigenvalue weighted by atomic mass is 10.00. The zero-order chi connectivity index (χ0) is 27.6. The van der Waals surface area contributed by atoms with E-state index < -0.39 is 6.04 Å².